The van der Waals surface area contributed by atoms with Gasteiger partial charge in [0.1, 0.15) is 5.69 Å². The van der Waals surface area contributed by atoms with Gasteiger partial charge < -0.3 is 15.8 Å². The van der Waals surface area contributed by atoms with Crippen molar-refractivity contribution in [2.24, 2.45) is 0 Å². The first-order valence-electron chi connectivity index (χ1n) is 6.09. The molecule has 0 aromatic carbocycles. The third kappa shape index (κ3) is 2.52. The van der Waals surface area contributed by atoms with Gasteiger partial charge >= 0.3 is 5.82 Å². The molecule has 0 bridgehead atoms. The Bertz CT molecular complexity index is 817. The van der Waals surface area contributed by atoms with E-state index in [9.17, 15) is 10.1 Å². The maximum atomic E-state index is 11.3. The molecule has 0 aliphatic carbocycles. The Balaban J connectivity index is 1.95. The molecule has 0 aliphatic heterocycles. The highest BCUT2D eigenvalue weighted by atomic mass is 32.2. The lowest BCUT2D eigenvalue weighted by atomic mass is 10.4. The van der Waals surface area contributed by atoms with Crippen molar-refractivity contribution >= 4 is 28.9 Å². The topological polar surface area (TPSA) is 99.3 Å². The van der Waals surface area contributed by atoms with E-state index in [0.29, 0.717) is 22.8 Å². The fraction of sp³-hybridized carbons (Fsp3) is 0.0769. The van der Waals surface area contributed by atoms with E-state index in [1.807, 2.05) is 0 Å². The molecule has 0 fully saturated rings. The van der Waals surface area contributed by atoms with Crippen LogP contribution < -0.4 is 5.73 Å². The summed E-state index contributed by atoms with van der Waals surface area (Å²) in [7, 11) is 0. The van der Waals surface area contributed by atoms with Crippen molar-refractivity contribution in [3.05, 3.63) is 58.7 Å². The number of pyridine rings is 2. The molecule has 21 heavy (non-hydrogen) atoms. The Hall–Kier alpha value is -2.61. The van der Waals surface area contributed by atoms with Crippen LogP contribution >= 0.6 is 11.8 Å². The number of anilines is 1. The molecule has 3 aromatic rings. The summed E-state index contributed by atoms with van der Waals surface area (Å²) in [6, 6.07) is 7.05. The van der Waals surface area contributed by atoms with E-state index >= 15 is 0 Å². The zero-order chi connectivity index (χ0) is 14.8. The third-order valence-corrected chi connectivity index (χ3v) is 4.02. The average molecular weight is 301 g/mol. The van der Waals surface area contributed by atoms with Crippen LogP contribution in [0.15, 0.2) is 47.8 Å². The van der Waals surface area contributed by atoms with Crippen molar-refractivity contribution in [2.75, 3.05) is 5.73 Å². The number of rotatable bonds is 4. The Morgan fingerprint density at radius 1 is 1.38 bits per heavy atom. The monoisotopic (exact) mass is 301 g/mol. The summed E-state index contributed by atoms with van der Waals surface area (Å²) < 4.78 is 1.48. The van der Waals surface area contributed by atoms with Gasteiger partial charge in [-0.05, 0) is 17.1 Å². The van der Waals surface area contributed by atoms with E-state index in [-0.39, 0.29) is 5.82 Å². The molecule has 0 unspecified atom stereocenters. The van der Waals surface area contributed by atoms with Crippen molar-refractivity contribution in [3.8, 4) is 0 Å². The van der Waals surface area contributed by atoms with Crippen molar-refractivity contribution in [2.45, 2.75) is 10.6 Å². The molecule has 0 atom stereocenters. The molecule has 0 saturated heterocycles. The average Bonchev–Trinajstić information content (AvgIpc) is 2.85. The highest BCUT2D eigenvalue weighted by Gasteiger charge is 2.22. The normalized spacial score (nSPS) is 10.9. The second-order valence-corrected chi connectivity index (χ2v) is 5.29. The number of nitrogens with two attached hydrogens (primary N) is 1. The standard InChI is InChI=1S/C13H11N5O2S/c14-9-7-15-5-4-11(9)21-8-10-13(18(19)20)17-6-2-1-3-12(17)16-10/h1-7H,8,14H2. The second kappa shape index (κ2) is 5.41. The first-order valence-corrected chi connectivity index (χ1v) is 7.08. The van der Waals surface area contributed by atoms with Gasteiger partial charge in [0.2, 0.25) is 5.65 Å². The van der Waals surface area contributed by atoms with Crippen LogP contribution in [-0.4, -0.2) is 19.3 Å². The Labute approximate surface area is 124 Å². The van der Waals surface area contributed by atoms with E-state index in [4.69, 9.17) is 5.73 Å². The third-order valence-electron chi connectivity index (χ3n) is 2.92. The minimum absolute atomic E-state index is 0.00859. The smallest absolute Gasteiger partial charge is 0.351 e. The predicted octanol–water partition coefficient (Wildman–Crippen LogP) is 2.51. The van der Waals surface area contributed by atoms with Crippen LogP contribution in [0.3, 0.4) is 0 Å². The summed E-state index contributed by atoms with van der Waals surface area (Å²) in [5.41, 5.74) is 7.35. The van der Waals surface area contributed by atoms with Gasteiger partial charge in [-0.3, -0.25) is 4.98 Å². The number of thioether (sulfide) groups is 1. The van der Waals surface area contributed by atoms with E-state index in [2.05, 4.69) is 9.97 Å². The lowest BCUT2D eigenvalue weighted by molar-refractivity contribution is -0.391. The molecule has 3 rings (SSSR count). The molecule has 0 saturated carbocycles. The SMILES string of the molecule is Nc1cnccc1SCc1nc2ccccn2c1[N+](=O)[O-]. The number of nitrogen functional groups attached to an aromatic ring is 1. The van der Waals surface area contributed by atoms with Crippen molar-refractivity contribution in [3.63, 3.8) is 0 Å². The zero-order valence-electron chi connectivity index (χ0n) is 10.8. The summed E-state index contributed by atoms with van der Waals surface area (Å²) in [6.45, 7) is 0. The Morgan fingerprint density at radius 2 is 2.24 bits per heavy atom. The van der Waals surface area contributed by atoms with Crippen LogP contribution in [0, 0.1) is 10.1 Å². The molecule has 8 heteroatoms. The van der Waals surface area contributed by atoms with E-state index in [0.717, 1.165) is 4.90 Å². The number of fused-ring (bicyclic) bond motifs is 1. The van der Waals surface area contributed by atoms with Gasteiger partial charge in [0, 0.05) is 22.9 Å². The van der Waals surface area contributed by atoms with Crippen LogP contribution in [0.2, 0.25) is 0 Å². The highest BCUT2D eigenvalue weighted by molar-refractivity contribution is 7.98. The van der Waals surface area contributed by atoms with E-state index in [1.54, 1.807) is 42.9 Å². The first kappa shape index (κ1) is 13.4. The molecule has 0 radical (unpaired) electrons. The molecule has 0 spiro atoms. The van der Waals surface area contributed by atoms with Crippen molar-refractivity contribution in [1.29, 1.82) is 0 Å². The number of nitrogens with zero attached hydrogens (tertiary/aromatic N) is 4. The number of nitro groups is 1. The van der Waals surface area contributed by atoms with Gasteiger partial charge in [-0.25, -0.2) is 4.98 Å². The molecule has 0 aliphatic rings. The summed E-state index contributed by atoms with van der Waals surface area (Å²) >= 11 is 1.40. The quantitative estimate of drug-likeness (QED) is 0.451. The maximum absolute atomic E-state index is 11.3. The van der Waals surface area contributed by atoms with Crippen LogP contribution in [0.5, 0.6) is 0 Å². The van der Waals surface area contributed by atoms with Crippen molar-refractivity contribution in [1.82, 2.24) is 14.4 Å². The molecule has 2 N–H and O–H groups in total. The van der Waals surface area contributed by atoms with Gasteiger partial charge in [-0.15, -0.1) is 11.8 Å². The van der Waals surface area contributed by atoms with Crippen molar-refractivity contribution < 1.29 is 4.92 Å². The Morgan fingerprint density at radius 3 is 3.00 bits per heavy atom. The zero-order valence-corrected chi connectivity index (χ0v) is 11.7. The number of aromatic nitrogens is 3. The van der Waals surface area contributed by atoms with Crippen LogP contribution in [-0.2, 0) is 5.75 Å². The minimum Gasteiger partial charge on any atom is -0.397 e. The maximum Gasteiger partial charge on any atom is 0.351 e. The lowest BCUT2D eigenvalue weighted by Crippen LogP contribution is -1.97. The van der Waals surface area contributed by atoms with Crippen LogP contribution in [0.4, 0.5) is 11.5 Å². The molecular formula is C13H11N5O2S. The fourth-order valence-electron chi connectivity index (χ4n) is 1.99. The number of hydrogen-bond donors (Lipinski definition) is 1. The number of hydrogen-bond acceptors (Lipinski definition) is 6. The predicted molar refractivity (Wildman–Crippen MR) is 80.1 cm³/mol. The molecule has 3 aromatic heterocycles. The molecular weight excluding hydrogens is 290 g/mol. The summed E-state index contributed by atoms with van der Waals surface area (Å²) in [6.07, 6.45) is 4.83. The van der Waals surface area contributed by atoms with E-state index in [1.165, 1.54) is 16.2 Å². The largest absolute Gasteiger partial charge is 0.397 e. The number of imidazole rings is 1. The summed E-state index contributed by atoms with van der Waals surface area (Å²) in [5, 5.41) is 11.3. The first-order chi connectivity index (χ1) is 10.2. The van der Waals surface area contributed by atoms with E-state index < -0.39 is 4.92 Å². The van der Waals surface area contributed by atoms with Gasteiger partial charge in [0.25, 0.3) is 0 Å². The minimum atomic E-state index is -0.411. The van der Waals surface area contributed by atoms with Gasteiger partial charge in [-0.2, -0.15) is 4.40 Å². The Kier molecular flexibility index (Phi) is 3.44. The molecule has 0 amide bonds. The molecule has 7 nitrogen and oxygen atoms in total. The van der Waals surface area contributed by atoms with Gasteiger partial charge in [-0.1, -0.05) is 6.07 Å². The molecule has 106 valence electrons. The second-order valence-electron chi connectivity index (χ2n) is 4.27. The van der Waals surface area contributed by atoms with Crippen LogP contribution in [0.25, 0.3) is 5.65 Å². The fourth-order valence-corrected chi connectivity index (χ4v) is 2.86. The lowest BCUT2D eigenvalue weighted by Gasteiger charge is -2.02. The summed E-state index contributed by atoms with van der Waals surface area (Å²) in [4.78, 5) is 19.9. The molecule has 3 heterocycles. The highest BCUT2D eigenvalue weighted by Crippen LogP contribution is 2.30. The van der Waals surface area contributed by atoms with Gasteiger partial charge in [0.15, 0.2) is 0 Å². The summed E-state index contributed by atoms with van der Waals surface area (Å²) in [5.74, 6) is 0.359. The van der Waals surface area contributed by atoms with Gasteiger partial charge in [0.05, 0.1) is 18.1 Å². The van der Waals surface area contributed by atoms with Crippen LogP contribution in [0.1, 0.15) is 5.69 Å².